The van der Waals surface area contributed by atoms with Crippen molar-refractivity contribution in [1.82, 2.24) is 0 Å². The number of hydrogen-bond donors (Lipinski definition) is 3. The van der Waals surface area contributed by atoms with Gasteiger partial charge >= 0.3 is 19.8 Å². The van der Waals surface area contributed by atoms with E-state index in [4.69, 9.17) is 29.4 Å². The van der Waals surface area contributed by atoms with Gasteiger partial charge in [0.1, 0.15) is 12.1 Å². The first-order valence-electron chi connectivity index (χ1n) is 29.1. The Balaban J connectivity index is 4.00. The minimum atomic E-state index is -4.62. The molecule has 10 nitrogen and oxygen atoms in total. The zero-order valence-electron chi connectivity index (χ0n) is 44.3. The third kappa shape index (κ3) is 52.6. The lowest BCUT2D eigenvalue weighted by atomic mass is 10.0. The quantitative estimate of drug-likeness (QED) is 0.0305. The molecule has 0 aliphatic heterocycles. The topological polar surface area (TPSA) is 155 Å². The third-order valence-electron chi connectivity index (χ3n) is 13.4. The average Bonchev–Trinajstić information content (AvgIpc) is 3.31. The number of carbonyl (C=O) groups excluding carboxylic acids is 1. The normalized spacial score (nSPS) is 13.5. The summed E-state index contributed by atoms with van der Waals surface area (Å²) in [5, 5.41) is 8.95. The summed E-state index contributed by atoms with van der Waals surface area (Å²) in [7, 11) is -4.62. The fourth-order valence-electron chi connectivity index (χ4n) is 8.90. The molecule has 3 atom stereocenters. The summed E-state index contributed by atoms with van der Waals surface area (Å²) in [6.45, 7) is 3.98. The molecule has 0 saturated carbocycles. The lowest BCUT2D eigenvalue weighted by molar-refractivity contribution is -0.154. The van der Waals surface area contributed by atoms with Gasteiger partial charge in [-0.05, 0) is 12.8 Å². The van der Waals surface area contributed by atoms with E-state index < -0.39 is 45.1 Å². The minimum absolute atomic E-state index is 0.0268. The van der Waals surface area contributed by atoms with Crippen LogP contribution in [0.25, 0.3) is 0 Å². The van der Waals surface area contributed by atoms with E-state index in [9.17, 15) is 19.0 Å². The zero-order valence-corrected chi connectivity index (χ0v) is 45.2. The third-order valence-corrected chi connectivity index (χ3v) is 14.3. The molecule has 0 heterocycles. The summed E-state index contributed by atoms with van der Waals surface area (Å²) in [6.07, 6.45) is 58.9. The average molecular weight is 974 g/mol. The van der Waals surface area contributed by atoms with E-state index in [1.807, 2.05) is 0 Å². The van der Waals surface area contributed by atoms with Crippen molar-refractivity contribution in [3.05, 3.63) is 0 Å². The van der Waals surface area contributed by atoms with Gasteiger partial charge in [0.25, 0.3) is 0 Å². The van der Waals surface area contributed by atoms with E-state index >= 15 is 0 Å². The van der Waals surface area contributed by atoms with Gasteiger partial charge in [0, 0.05) is 13.0 Å². The summed E-state index contributed by atoms with van der Waals surface area (Å²) in [4.78, 5) is 33.8. The number of ether oxygens (including phenoxy) is 2. The maximum absolute atomic E-state index is 12.7. The van der Waals surface area contributed by atoms with E-state index in [1.165, 1.54) is 250 Å². The number of esters is 1. The lowest BCUT2D eigenvalue weighted by Crippen LogP contribution is -2.34. The molecule has 0 aliphatic carbocycles. The van der Waals surface area contributed by atoms with Gasteiger partial charge in [0.2, 0.25) is 0 Å². The molecule has 0 amide bonds. The first kappa shape index (κ1) is 66.0. The molecule has 0 aromatic carbocycles. The van der Waals surface area contributed by atoms with E-state index in [2.05, 4.69) is 13.8 Å². The van der Waals surface area contributed by atoms with Gasteiger partial charge in [-0.2, -0.15) is 0 Å². The second kappa shape index (κ2) is 52.8. The molecule has 400 valence electrons. The molecule has 3 unspecified atom stereocenters. The van der Waals surface area contributed by atoms with Crippen LogP contribution in [0.1, 0.15) is 309 Å². The van der Waals surface area contributed by atoms with Crippen LogP contribution < -0.4 is 5.73 Å². The van der Waals surface area contributed by atoms with Crippen molar-refractivity contribution in [2.75, 3.05) is 26.4 Å². The molecule has 4 N–H and O–H groups in total. The highest BCUT2D eigenvalue weighted by Crippen LogP contribution is 2.43. The van der Waals surface area contributed by atoms with Gasteiger partial charge in [-0.25, -0.2) is 4.57 Å². The van der Waals surface area contributed by atoms with Crippen LogP contribution in [0, 0.1) is 0 Å². The highest BCUT2D eigenvalue weighted by Gasteiger charge is 2.27. The van der Waals surface area contributed by atoms with Crippen LogP contribution in [0.4, 0.5) is 0 Å². The Morgan fingerprint density at radius 1 is 0.418 bits per heavy atom. The first-order chi connectivity index (χ1) is 32.7. The molecular weight excluding hydrogens is 862 g/mol. The van der Waals surface area contributed by atoms with Crippen LogP contribution in [0.2, 0.25) is 0 Å². The Hall–Kier alpha value is -1.03. The number of carboxylic acid groups (broad SMARTS) is 1. The van der Waals surface area contributed by atoms with Crippen LogP contribution in [0.3, 0.4) is 0 Å². The van der Waals surface area contributed by atoms with Crippen molar-refractivity contribution in [2.45, 2.75) is 321 Å². The number of carbonyl (C=O) groups is 2. The van der Waals surface area contributed by atoms with Crippen molar-refractivity contribution in [2.24, 2.45) is 5.73 Å². The van der Waals surface area contributed by atoms with Crippen LogP contribution in [0.15, 0.2) is 0 Å². The fraction of sp³-hybridized carbons (Fsp3) is 0.964. The summed E-state index contributed by atoms with van der Waals surface area (Å²) < 4.78 is 33.6. The van der Waals surface area contributed by atoms with Crippen LogP contribution in [-0.4, -0.2) is 60.5 Å². The summed E-state index contributed by atoms with van der Waals surface area (Å²) >= 11 is 0. The fourth-order valence-corrected chi connectivity index (χ4v) is 9.68. The Morgan fingerprint density at radius 3 is 0.985 bits per heavy atom. The Morgan fingerprint density at radius 2 is 0.687 bits per heavy atom. The molecule has 0 aromatic rings. The minimum Gasteiger partial charge on any atom is -0.480 e. The van der Waals surface area contributed by atoms with E-state index in [0.29, 0.717) is 6.61 Å². The molecule has 67 heavy (non-hydrogen) atoms. The van der Waals surface area contributed by atoms with Crippen LogP contribution in [-0.2, 0) is 32.7 Å². The number of nitrogens with two attached hydrogens (primary N) is 1. The van der Waals surface area contributed by atoms with E-state index in [1.54, 1.807) is 0 Å². The summed E-state index contributed by atoms with van der Waals surface area (Å²) in [6, 6.07) is -1.47. The molecule has 0 bridgehead atoms. The molecule has 0 saturated heterocycles. The number of rotatable bonds is 57. The predicted octanol–water partition coefficient (Wildman–Crippen LogP) is 17.4. The van der Waals surface area contributed by atoms with Gasteiger partial charge in [0.15, 0.2) is 0 Å². The number of unbranched alkanes of at least 4 members (excludes halogenated alkanes) is 43. The standard InChI is InChI=1S/C56H112NO9P/c1-3-5-7-9-11-13-15-17-19-21-23-25-27-29-31-33-35-37-39-41-43-45-47-49-63-50-53(51-64-67(61,62)65-52-54(57)56(59)60)66-55(58)48-46-44-42-40-38-36-34-32-30-28-26-24-22-20-18-16-14-12-10-8-6-4-2/h53-54H,3-52,57H2,1-2H3,(H,59,60)(H,61,62). The maximum atomic E-state index is 12.7. The summed E-state index contributed by atoms with van der Waals surface area (Å²) in [5.74, 6) is -1.76. The maximum Gasteiger partial charge on any atom is 0.472 e. The molecule has 11 heteroatoms. The van der Waals surface area contributed by atoms with Gasteiger partial charge in [0.05, 0.1) is 19.8 Å². The predicted molar refractivity (Wildman–Crippen MR) is 282 cm³/mol. The highest BCUT2D eigenvalue weighted by atomic mass is 31.2. The van der Waals surface area contributed by atoms with Crippen LogP contribution in [0.5, 0.6) is 0 Å². The number of aliphatic carboxylic acids is 1. The van der Waals surface area contributed by atoms with E-state index in [-0.39, 0.29) is 13.0 Å². The molecule has 0 aliphatic rings. The molecule has 0 radical (unpaired) electrons. The number of phosphoric ester groups is 1. The lowest BCUT2D eigenvalue weighted by Gasteiger charge is -2.20. The second-order valence-corrected chi connectivity index (χ2v) is 21.6. The zero-order chi connectivity index (χ0) is 49.0. The Labute approximate surface area is 414 Å². The van der Waals surface area contributed by atoms with Gasteiger partial charge in [-0.3, -0.25) is 18.6 Å². The van der Waals surface area contributed by atoms with Crippen LogP contribution >= 0.6 is 7.82 Å². The molecule has 0 rings (SSSR count). The monoisotopic (exact) mass is 974 g/mol. The smallest absolute Gasteiger partial charge is 0.472 e. The summed E-state index contributed by atoms with van der Waals surface area (Å²) in [5.41, 5.74) is 5.39. The largest absolute Gasteiger partial charge is 0.480 e. The van der Waals surface area contributed by atoms with Gasteiger partial charge < -0.3 is 25.2 Å². The Bertz CT molecular complexity index is 1080. The molecule has 0 fully saturated rings. The van der Waals surface area contributed by atoms with Crippen molar-refractivity contribution in [3.8, 4) is 0 Å². The number of phosphoric acid groups is 1. The van der Waals surface area contributed by atoms with Crippen molar-refractivity contribution >= 4 is 19.8 Å². The number of hydrogen-bond acceptors (Lipinski definition) is 8. The van der Waals surface area contributed by atoms with Gasteiger partial charge in [-0.1, -0.05) is 290 Å². The molecule has 0 aromatic heterocycles. The Kier molecular flexibility index (Phi) is 52.0. The van der Waals surface area contributed by atoms with Gasteiger partial charge in [-0.15, -0.1) is 0 Å². The van der Waals surface area contributed by atoms with Crippen molar-refractivity contribution in [3.63, 3.8) is 0 Å². The number of carboxylic acids is 1. The highest BCUT2D eigenvalue weighted by molar-refractivity contribution is 7.47. The van der Waals surface area contributed by atoms with E-state index in [0.717, 1.165) is 38.5 Å². The van der Waals surface area contributed by atoms with Crippen molar-refractivity contribution < 1.29 is 42.7 Å². The van der Waals surface area contributed by atoms with Crippen molar-refractivity contribution in [1.29, 1.82) is 0 Å². The SMILES string of the molecule is CCCCCCCCCCCCCCCCCCCCCCCCCOCC(COP(=O)(O)OCC(N)C(=O)O)OC(=O)CCCCCCCCCCCCCCCCCCCCCCCC. The first-order valence-corrected chi connectivity index (χ1v) is 30.6. The molecular formula is C56H112NO9P. The second-order valence-electron chi connectivity index (χ2n) is 20.1. The molecule has 0 spiro atoms.